The summed E-state index contributed by atoms with van der Waals surface area (Å²) in [5.74, 6) is -1.39. The van der Waals surface area contributed by atoms with E-state index in [-0.39, 0.29) is 17.4 Å². The Morgan fingerprint density at radius 3 is 2.41 bits per heavy atom. The first kappa shape index (κ1) is 22.7. The minimum Gasteiger partial charge on any atom is -0.503 e. The van der Waals surface area contributed by atoms with E-state index < -0.39 is 24.0 Å². The largest absolute Gasteiger partial charge is 0.503 e. The van der Waals surface area contributed by atoms with E-state index in [9.17, 15) is 14.7 Å². The fourth-order valence-electron chi connectivity index (χ4n) is 4.43. The maximum absolute atomic E-state index is 13.7. The van der Waals surface area contributed by atoms with Crippen molar-refractivity contribution in [1.29, 1.82) is 0 Å². The number of benzene rings is 3. The van der Waals surface area contributed by atoms with Crippen molar-refractivity contribution < 1.29 is 24.3 Å². The Kier molecular flexibility index (Phi) is 5.97. The summed E-state index contributed by atoms with van der Waals surface area (Å²) >= 11 is 9.37. The number of anilines is 2. The van der Waals surface area contributed by atoms with Crippen molar-refractivity contribution in [3.05, 3.63) is 81.8 Å². The average Bonchev–Trinajstić information content (AvgIpc) is 3.34. The van der Waals surface area contributed by atoms with Crippen molar-refractivity contribution in [3.63, 3.8) is 0 Å². The highest BCUT2D eigenvalue weighted by Gasteiger charge is 2.60. The molecule has 0 bridgehead atoms. The predicted octanol–water partition coefficient (Wildman–Crippen LogP) is 5.26. The number of phenols is 1. The molecule has 0 spiro atoms. The highest BCUT2D eigenvalue weighted by molar-refractivity contribution is 9.10. The molecule has 2 amide bonds. The van der Waals surface area contributed by atoms with Gasteiger partial charge in [0.25, 0.3) is 5.91 Å². The molecular formula is C25H20BrClN2O5. The number of aromatic hydroxyl groups is 1. The first-order valence-corrected chi connectivity index (χ1v) is 11.9. The van der Waals surface area contributed by atoms with Crippen LogP contribution in [0.25, 0.3) is 0 Å². The van der Waals surface area contributed by atoms with Gasteiger partial charge in [-0.1, -0.05) is 29.8 Å². The molecule has 174 valence electrons. The van der Waals surface area contributed by atoms with Gasteiger partial charge in [-0.15, -0.1) is 0 Å². The number of fused-ring (bicyclic) bond motifs is 1. The van der Waals surface area contributed by atoms with Crippen LogP contribution in [-0.2, 0) is 14.4 Å². The quantitative estimate of drug-likeness (QED) is 0.443. The predicted molar refractivity (Wildman–Crippen MR) is 131 cm³/mol. The minimum absolute atomic E-state index is 0.0380. The highest BCUT2D eigenvalue weighted by atomic mass is 79.9. The van der Waals surface area contributed by atoms with E-state index in [1.165, 1.54) is 0 Å². The highest BCUT2D eigenvalue weighted by Crippen LogP contribution is 2.49. The van der Waals surface area contributed by atoms with Gasteiger partial charge in [-0.05, 0) is 76.9 Å². The standard InChI is InChI=1S/C25H20BrClN2O5/c1-2-33-19-13-14(12-18(26)22(19)30)21-20-23(34-29(21)17-6-4-3-5-7-17)25(32)28(24(20)31)16-10-8-15(27)9-11-16/h3-13,20-21,23,30H,2H2,1H3/t20-,21+,23+/m1/s1. The second-order valence-corrected chi connectivity index (χ2v) is 9.22. The molecule has 2 fully saturated rings. The Hall–Kier alpha value is -3.07. The van der Waals surface area contributed by atoms with Crippen LogP contribution in [0.4, 0.5) is 11.4 Å². The van der Waals surface area contributed by atoms with Crippen LogP contribution in [0.3, 0.4) is 0 Å². The number of halogens is 2. The first-order valence-electron chi connectivity index (χ1n) is 10.7. The molecule has 0 aromatic heterocycles. The number of amides is 2. The summed E-state index contributed by atoms with van der Waals surface area (Å²) in [6, 6.07) is 18.6. The molecule has 2 saturated heterocycles. The Morgan fingerprint density at radius 1 is 1.03 bits per heavy atom. The zero-order valence-corrected chi connectivity index (χ0v) is 20.4. The van der Waals surface area contributed by atoms with Crippen LogP contribution in [0.2, 0.25) is 5.02 Å². The van der Waals surface area contributed by atoms with E-state index in [1.807, 2.05) is 37.3 Å². The number of nitrogens with zero attached hydrogens (tertiary/aromatic N) is 2. The lowest BCUT2D eigenvalue weighted by molar-refractivity contribution is -0.126. The molecule has 0 aliphatic carbocycles. The molecule has 0 unspecified atom stereocenters. The topological polar surface area (TPSA) is 79.3 Å². The molecule has 0 saturated carbocycles. The van der Waals surface area contributed by atoms with Gasteiger partial charge in [0.05, 0.1) is 28.5 Å². The molecule has 2 aliphatic heterocycles. The summed E-state index contributed by atoms with van der Waals surface area (Å²) < 4.78 is 6.02. The smallest absolute Gasteiger partial charge is 0.266 e. The van der Waals surface area contributed by atoms with Crippen LogP contribution in [-0.4, -0.2) is 29.6 Å². The van der Waals surface area contributed by atoms with Crippen LogP contribution in [0.15, 0.2) is 71.2 Å². The lowest BCUT2D eigenvalue weighted by atomic mass is 9.90. The number of hydroxylamine groups is 1. The Balaban J connectivity index is 1.62. The molecule has 7 nitrogen and oxygen atoms in total. The van der Waals surface area contributed by atoms with Crippen LogP contribution >= 0.6 is 27.5 Å². The van der Waals surface area contributed by atoms with Gasteiger partial charge < -0.3 is 9.84 Å². The molecule has 3 atom stereocenters. The van der Waals surface area contributed by atoms with Crippen molar-refractivity contribution in [3.8, 4) is 11.5 Å². The molecule has 34 heavy (non-hydrogen) atoms. The van der Waals surface area contributed by atoms with Crippen molar-refractivity contribution in [2.75, 3.05) is 16.6 Å². The number of carbonyl (C=O) groups is 2. The van der Waals surface area contributed by atoms with E-state index in [0.29, 0.717) is 33.0 Å². The number of hydrogen-bond acceptors (Lipinski definition) is 6. The maximum Gasteiger partial charge on any atom is 0.266 e. The maximum atomic E-state index is 13.7. The lowest BCUT2D eigenvalue weighted by Gasteiger charge is -2.29. The minimum atomic E-state index is -1.00. The number of carbonyl (C=O) groups excluding carboxylic acids is 2. The Bertz CT molecular complexity index is 1250. The van der Waals surface area contributed by atoms with Crippen LogP contribution in [0.5, 0.6) is 11.5 Å². The molecule has 9 heteroatoms. The van der Waals surface area contributed by atoms with Crippen LogP contribution in [0.1, 0.15) is 18.5 Å². The van der Waals surface area contributed by atoms with E-state index in [4.69, 9.17) is 21.2 Å². The zero-order valence-electron chi connectivity index (χ0n) is 18.0. The Morgan fingerprint density at radius 2 is 1.74 bits per heavy atom. The van der Waals surface area contributed by atoms with E-state index in [2.05, 4.69) is 15.9 Å². The molecule has 1 N–H and O–H groups in total. The summed E-state index contributed by atoms with van der Waals surface area (Å²) in [7, 11) is 0. The average molecular weight is 544 g/mol. The monoisotopic (exact) mass is 542 g/mol. The van der Waals surface area contributed by atoms with Gasteiger partial charge in [0, 0.05) is 5.02 Å². The molecule has 0 radical (unpaired) electrons. The van der Waals surface area contributed by atoms with Gasteiger partial charge >= 0.3 is 0 Å². The number of phenolic OH excluding ortho intramolecular Hbond substituents is 1. The van der Waals surface area contributed by atoms with E-state index in [1.54, 1.807) is 41.5 Å². The molecular weight excluding hydrogens is 524 g/mol. The summed E-state index contributed by atoms with van der Waals surface area (Å²) in [4.78, 5) is 34.3. The second kappa shape index (κ2) is 8.94. The fraction of sp³-hybridized carbons (Fsp3) is 0.200. The van der Waals surface area contributed by atoms with Gasteiger partial charge in [-0.25, -0.2) is 9.96 Å². The third-order valence-electron chi connectivity index (χ3n) is 5.90. The van der Waals surface area contributed by atoms with Gasteiger partial charge in [0.15, 0.2) is 17.6 Å². The van der Waals surface area contributed by atoms with E-state index in [0.717, 1.165) is 4.90 Å². The number of para-hydroxylation sites is 1. The number of hydrogen-bond donors (Lipinski definition) is 1. The number of rotatable bonds is 5. The van der Waals surface area contributed by atoms with Gasteiger partial charge in [0.1, 0.15) is 5.92 Å². The molecule has 2 aliphatic rings. The molecule has 3 aromatic carbocycles. The number of imide groups is 1. The van der Waals surface area contributed by atoms with Gasteiger partial charge in [-0.3, -0.25) is 14.4 Å². The fourth-order valence-corrected chi connectivity index (χ4v) is 5.01. The molecule has 5 rings (SSSR count). The third-order valence-corrected chi connectivity index (χ3v) is 6.76. The van der Waals surface area contributed by atoms with E-state index >= 15 is 0 Å². The van der Waals surface area contributed by atoms with Crippen molar-refractivity contribution >= 4 is 50.7 Å². The van der Waals surface area contributed by atoms with Crippen LogP contribution in [0, 0.1) is 5.92 Å². The summed E-state index contributed by atoms with van der Waals surface area (Å²) in [6.45, 7) is 2.16. The molecule has 2 heterocycles. The first-order chi connectivity index (χ1) is 16.4. The van der Waals surface area contributed by atoms with Crippen molar-refractivity contribution in [2.24, 2.45) is 5.92 Å². The summed E-state index contributed by atoms with van der Waals surface area (Å²) in [5, 5.41) is 12.5. The van der Waals surface area contributed by atoms with Gasteiger partial charge in [-0.2, -0.15) is 0 Å². The lowest BCUT2D eigenvalue weighted by Crippen LogP contribution is -2.37. The summed E-state index contributed by atoms with van der Waals surface area (Å²) in [5.41, 5.74) is 1.79. The summed E-state index contributed by atoms with van der Waals surface area (Å²) in [6.07, 6.45) is -1.00. The zero-order chi connectivity index (χ0) is 24.0. The third kappa shape index (κ3) is 3.72. The Labute approximate surface area is 209 Å². The molecule has 3 aromatic rings. The van der Waals surface area contributed by atoms with Crippen LogP contribution < -0.4 is 14.7 Å². The van der Waals surface area contributed by atoms with Crippen molar-refractivity contribution in [1.82, 2.24) is 0 Å². The van der Waals surface area contributed by atoms with Crippen molar-refractivity contribution in [2.45, 2.75) is 19.1 Å². The normalized spacial score (nSPS) is 21.8. The number of ether oxygens (including phenoxy) is 1. The second-order valence-electron chi connectivity index (χ2n) is 7.93. The SMILES string of the molecule is CCOc1cc([C@H]2[C@H]3C(=O)N(c4ccc(Cl)cc4)C(=O)[C@H]3ON2c2ccccc2)cc(Br)c1O. The van der Waals surface area contributed by atoms with Gasteiger partial charge in [0.2, 0.25) is 5.91 Å².